The molecule has 0 aliphatic heterocycles. The zero-order chi connectivity index (χ0) is 32.6. The van der Waals surface area contributed by atoms with Crippen LogP contribution >= 0.6 is 0 Å². The van der Waals surface area contributed by atoms with E-state index in [4.69, 9.17) is 0 Å². The summed E-state index contributed by atoms with van der Waals surface area (Å²) in [6, 6.07) is 18.4. The minimum atomic E-state index is 0.303. The van der Waals surface area contributed by atoms with E-state index in [-0.39, 0.29) is 0 Å². The molecule has 0 aromatic heterocycles. The minimum Gasteiger partial charge on any atom is -0.300 e. The second-order valence-electron chi connectivity index (χ2n) is 14.7. The fourth-order valence-electron chi connectivity index (χ4n) is 7.95. The van der Waals surface area contributed by atoms with Crippen LogP contribution in [0.15, 0.2) is 48.5 Å². The molecule has 0 N–H and O–H groups in total. The van der Waals surface area contributed by atoms with E-state index in [1.807, 2.05) is 0 Å². The van der Waals surface area contributed by atoms with E-state index in [9.17, 15) is 14.4 Å². The largest absolute Gasteiger partial charge is 0.300 e. The third-order valence-corrected chi connectivity index (χ3v) is 11.2. The number of Topliss-reactive ketones (excluding diaryl/α,β-unsaturated/α-hetero) is 3. The zero-order valence-corrected chi connectivity index (χ0v) is 29.2. The Hall–Kier alpha value is -2.55. The first-order valence-electron chi connectivity index (χ1n) is 19.2. The third kappa shape index (κ3) is 11.9. The van der Waals surface area contributed by atoms with Crippen LogP contribution in [0.25, 0.3) is 0 Å². The lowest BCUT2D eigenvalue weighted by atomic mass is 9.76. The van der Waals surface area contributed by atoms with Gasteiger partial charge >= 0.3 is 0 Å². The van der Waals surface area contributed by atoms with Crippen LogP contribution in [0.4, 0.5) is 0 Å². The topological polar surface area (TPSA) is 51.2 Å². The number of ketones is 3. The van der Waals surface area contributed by atoms with Gasteiger partial charge in [0.25, 0.3) is 0 Å². The van der Waals surface area contributed by atoms with Crippen LogP contribution in [-0.4, -0.2) is 17.3 Å². The van der Waals surface area contributed by atoms with Crippen LogP contribution in [0.3, 0.4) is 0 Å². The van der Waals surface area contributed by atoms with Crippen LogP contribution in [0.2, 0.25) is 0 Å². The number of aryl methyl sites for hydroxylation is 2. The fraction of sp³-hybridized carbons (Fsp3) is 0.651. The molecule has 2 fully saturated rings. The van der Waals surface area contributed by atoms with E-state index in [1.54, 1.807) is 0 Å². The second-order valence-corrected chi connectivity index (χ2v) is 14.7. The van der Waals surface area contributed by atoms with Gasteiger partial charge in [-0.2, -0.15) is 0 Å². The van der Waals surface area contributed by atoms with Crippen LogP contribution < -0.4 is 0 Å². The molecule has 0 bridgehead atoms. The van der Waals surface area contributed by atoms with E-state index in [2.05, 4.69) is 62.4 Å². The maximum absolute atomic E-state index is 12.5. The van der Waals surface area contributed by atoms with Gasteiger partial charge in [-0.05, 0) is 137 Å². The van der Waals surface area contributed by atoms with Crippen molar-refractivity contribution in [2.75, 3.05) is 0 Å². The highest BCUT2D eigenvalue weighted by Crippen LogP contribution is 2.38. The number of carbonyl (C=O) groups excluding carboxylic acids is 3. The SMILES string of the molecule is CCCCC(=O)C1CCC(c2ccc(CCCCC(=O)CCCCc3ccc([C@H]4CC[C@H](C(=O)CCCC)CC4)cc3)cc2)CC1. The number of rotatable bonds is 20. The van der Waals surface area contributed by atoms with Gasteiger partial charge in [0.2, 0.25) is 0 Å². The lowest BCUT2D eigenvalue weighted by molar-refractivity contribution is -0.124. The summed E-state index contributed by atoms with van der Waals surface area (Å²) in [6.07, 6.45) is 22.2. The molecule has 0 saturated heterocycles. The smallest absolute Gasteiger partial charge is 0.135 e. The average Bonchev–Trinajstić information content (AvgIpc) is 3.10. The van der Waals surface area contributed by atoms with Crippen LogP contribution in [0.1, 0.15) is 176 Å². The van der Waals surface area contributed by atoms with Gasteiger partial charge in [-0.1, -0.05) is 75.2 Å². The molecule has 0 atom stereocenters. The van der Waals surface area contributed by atoms with Crippen molar-refractivity contribution in [3.8, 4) is 0 Å². The lowest BCUT2D eigenvalue weighted by Crippen LogP contribution is -2.21. The van der Waals surface area contributed by atoms with Crippen molar-refractivity contribution in [1.82, 2.24) is 0 Å². The number of hydrogen-bond donors (Lipinski definition) is 0. The molecule has 3 nitrogen and oxygen atoms in total. The normalized spacial score (nSPS) is 21.6. The monoisotopic (exact) mass is 626 g/mol. The van der Waals surface area contributed by atoms with Gasteiger partial charge in [-0.25, -0.2) is 0 Å². The van der Waals surface area contributed by atoms with Crippen molar-refractivity contribution in [2.45, 2.75) is 167 Å². The Morgan fingerprint density at radius 2 is 0.848 bits per heavy atom. The van der Waals surface area contributed by atoms with E-state index in [1.165, 1.54) is 22.3 Å². The number of hydrogen-bond acceptors (Lipinski definition) is 3. The molecule has 2 saturated carbocycles. The summed E-state index contributed by atoms with van der Waals surface area (Å²) >= 11 is 0. The molecule has 0 radical (unpaired) electrons. The fourth-order valence-corrected chi connectivity index (χ4v) is 7.95. The molecule has 2 aromatic rings. The maximum atomic E-state index is 12.5. The Bertz CT molecular complexity index is 1080. The summed E-state index contributed by atoms with van der Waals surface area (Å²) in [6.45, 7) is 4.31. The molecule has 3 heteroatoms. The van der Waals surface area contributed by atoms with Gasteiger partial charge < -0.3 is 0 Å². The van der Waals surface area contributed by atoms with Gasteiger partial charge in [0.05, 0.1) is 0 Å². The zero-order valence-electron chi connectivity index (χ0n) is 29.2. The average molecular weight is 627 g/mol. The van der Waals surface area contributed by atoms with Crippen LogP contribution in [-0.2, 0) is 27.2 Å². The molecule has 0 amide bonds. The predicted octanol–water partition coefficient (Wildman–Crippen LogP) is 11.4. The Morgan fingerprint density at radius 3 is 1.20 bits per heavy atom. The first kappa shape index (κ1) is 36.3. The van der Waals surface area contributed by atoms with Gasteiger partial charge in [0, 0.05) is 37.5 Å². The highest BCUT2D eigenvalue weighted by molar-refractivity contribution is 5.81. The molecule has 2 aliphatic rings. The molecule has 0 spiro atoms. The maximum Gasteiger partial charge on any atom is 0.135 e. The van der Waals surface area contributed by atoms with E-state index >= 15 is 0 Å². The second kappa shape index (κ2) is 20.0. The Labute approximate surface area is 280 Å². The number of benzene rings is 2. The summed E-state index contributed by atoms with van der Waals surface area (Å²) in [5, 5.41) is 0. The van der Waals surface area contributed by atoms with E-state index in [0.29, 0.717) is 53.9 Å². The van der Waals surface area contributed by atoms with Gasteiger partial charge in [-0.3, -0.25) is 14.4 Å². The highest BCUT2D eigenvalue weighted by Gasteiger charge is 2.27. The summed E-state index contributed by atoms with van der Waals surface area (Å²) in [4.78, 5) is 37.3. The summed E-state index contributed by atoms with van der Waals surface area (Å²) in [5.41, 5.74) is 5.61. The van der Waals surface area contributed by atoms with Crippen molar-refractivity contribution < 1.29 is 14.4 Å². The molecular weight excluding hydrogens is 564 g/mol. The predicted molar refractivity (Wildman–Crippen MR) is 191 cm³/mol. The van der Waals surface area contributed by atoms with Gasteiger partial charge in [0.1, 0.15) is 17.3 Å². The Kier molecular flexibility index (Phi) is 15.7. The first-order chi connectivity index (χ1) is 22.5. The highest BCUT2D eigenvalue weighted by atomic mass is 16.1. The van der Waals surface area contributed by atoms with Crippen molar-refractivity contribution >= 4 is 17.3 Å². The van der Waals surface area contributed by atoms with Crippen molar-refractivity contribution in [1.29, 1.82) is 0 Å². The molecule has 46 heavy (non-hydrogen) atoms. The Morgan fingerprint density at radius 1 is 0.478 bits per heavy atom. The molecule has 0 heterocycles. The molecule has 2 aliphatic carbocycles. The lowest BCUT2D eigenvalue weighted by Gasteiger charge is -2.28. The summed E-state index contributed by atoms with van der Waals surface area (Å²) < 4.78 is 0. The van der Waals surface area contributed by atoms with Gasteiger partial charge in [-0.15, -0.1) is 0 Å². The first-order valence-corrected chi connectivity index (χ1v) is 19.2. The molecule has 4 rings (SSSR count). The number of unbranched alkanes of at least 4 members (excludes halogenated alkanes) is 4. The van der Waals surface area contributed by atoms with Crippen molar-refractivity contribution in [3.05, 3.63) is 70.8 Å². The molecule has 2 aromatic carbocycles. The minimum absolute atomic E-state index is 0.303. The molecule has 0 unspecified atom stereocenters. The van der Waals surface area contributed by atoms with Crippen molar-refractivity contribution in [3.63, 3.8) is 0 Å². The van der Waals surface area contributed by atoms with Gasteiger partial charge in [0.15, 0.2) is 0 Å². The summed E-state index contributed by atoms with van der Waals surface area (Å²) in [5.74, 6) is 3.22. The van der Waals surface area contributed by atoms with Crippen LogP contribution in [0.5, 0.6) is 0 Å². The van der Waals surface area contributed by atoms with E-state index < -0.39 is 0 Å². The summed E-state index contributed by atoms with van der Waals surface area (Å²) in [7, 11) is 0. The molecular formula is C43H62O3. The third-order valence-electron chi connectivity index (χ3n) is 11.2. The Balaban J connectivity index is 1.03. The standard InChI is InChI=1S/C43H62O3/c1-3-5-15-42(45)39-29-25-37(26-30-39)35-21-17-33(18-22-35)11-7-9-13-41(44)14-10-8-12-34-19-23-36(24-20-34)38-27-31-40(32-28-38)43(46)16-6-4-2/h17-24,37-40H,3-16,25-32H2,1-2H3/t37-,38?,39-,40?. The van der Waals surface area contributed by atoms with Crippen molar-refractivity contribution in [2.24, 2.45) is 11.8 Å². The molecule has 252 valence electrons. The van der Waals surface area contributed by atoms with E-state index in [0.717, 1.165) is 128 Å². The van der Waals surface area contributed by atoms with Crippen LogP contribution in [0, 0.1) is 11.8 Å². The number of carbonyl (C=O) groups is 3. The quantitative estimate of drug-likeness (QED) is 0.137.